The minimum Gasteiger partial charge on any atom is -0.459 e. The summed E-state index contributed by atoms with van der Waals surface area (Å²) in [6.07, 6.45) is 10.2. The van der Waals surface area contributed by atoms with Crippen molar-refractivity contribution in [1.82, 2.24) is 0 Å². The molecule has 4 heteroatoms. The number of hydrogen-bond donors (Lipinski definition) is 0. The standard InChI is InChI=1S/C18H22O4/c19-17(13-7-9-4-5-10(13)6-9)22-16-14-8-15(21-18(16)20)12-3-1-2-11(12)14/h4-5,9-16H,1-3,6-8H2. The first-order valence-corrected chi connectivity index (χ1v) is 8.80. The zero-order valence-corrected chi connectivity index (χ0v) is 12.6. The summed E-state index contributed by atoms with van der Waals surface area (Å²) < 4.78 is 11.3. The van der Waals surface area contributed by atoms with E-state index in [4.69, 9.17) is 9.47 Å². The van der Waals surface area contributed by atoms with Crippen LogP contribution in [0.1, 0.15) is 38.5 Å². The maximum absolute atomic E-state index is 12.6. The first-order chi connectivity index (χ1) is 10.7. The number of carbonyl (C=O) groups is 2. The average molecular weight is 302 g/mol. The maximum Gasteiger partial charge on any atom is 0.348 e. The first-order valence-electron chi connectivity index (χ1n) is 8.80. The summed E-state index contributed by atoms with van der Waals surface area (Å²) in [5, 5.41) is 0. The summed E-state index contributed by atoms with van der Waals surface area (Å²) in [6, 6.07) is 0. The van der Waals surface area contributed by atoms with Crippen molar-refractivity contribution in [2.75, 3.05) is 0 Å². The number of esters is 2. The fourth-order valence-electron chi connectivity index (χ4n) is 5.90. The SMILES string of the molecule is O=C(OC1C(=O)OC2CC1C1CCCC21)C1CC2C=CC1C2. The minimum atomic E-state index is -0.639. The number of carbonyl (C=O) groups excluding carboxylic acids is 2. The molecule has 1 heterocycles. The van der Waals surface area contributed by atoms with E-state index in [0.29, 0.717) is 23.7 Å². The van der Waals surface area contributed by atoms with Gasteiger partial charge in [0.05, 0.1) is 5.92 Å². The molecular weight excluding hydrogens is 280 g/mol. The van der Waals surface area contributed by atoms with E-state index in [1.54, 1.807) is 0 Å². The monoisotopic (exact) mass is 302 g/mol. The van der Waals surface area contributed by atoms with Gasteiger partial charge in [-0.15, -0.1) is 0 Å². The van der Waals surface area contributed by atoms with E-state index in [9.17, 15) is 9.59 Å². The summed E-state index contributed by atoms with van der Waals surface area (Å²) >= 11 is 0. The van der Waals surface area contributed by atoms with E-state index in [1.165, 1.54) is 6.42 Å². The van der Waals surface area contributed by atoms with Gasteiger partial charge in [0.15, 0.2) is 0 Å². The average Bonchev–Trinajstić information content (AvgIpc) is 3.26. The molecule has 0 amide bonds. The fraction of sp³-hybridized carbons (Fsp3) is 0.778. The summed E-state index contributed by atoms with van der Waals surface area (Å²) in [7, 11) is 0. The van der Waals surface area contributed by atoms with Crippen molar-refractivity contribution in [3.63, 3.8) is 0 Å². The Morgan fingerprint density at radius 3 is 2.73 bits per heavy atom. The van der Waals surface area contributed by atoms with E-state index < -0.39 is 6.10 Å². The van der Waals surface area contributed by atoms with Crippen molar-refractivity contribution in [3.8, 4) is 0 Å². The Labute approximate surface area is 130 Å². The van der Waals surface area contributed by atoms with Crippen LogP contribution in [0.4, 0.5) is 0 Å². The summed E-state index contributed by atoms with van der Waals surface area (Å²) in [5.41, 5.74) is 0. The number of ether oxygens (including phenoxy) is 2. The van der Waals surface area contributed by atoms with Crippen molar-refractivity contribution in [2.24, 2.45) is 35.5 Å². The van der Waals surface area contributed by atoms with Gasteiger partial charge in [-0.2, -0.15) is 0 Å². The van der Waals surface area contributed by atoms with Gasteiger partial charge in [0.2, 0.25) is 6.10 Å². The second kappa shape index (κ2) is 4.59. The lowest BCUT2D eigenvalue weighted by atomic mass is 9.87. The Bertz CT molecular complexity index is 553. The highest BCUT2D eigenvalue weighted by molar-refractivity contribution is 5.82. The molecule has 4 bridgehead atoms. The highest BCUT2D eigenvalue weighted by atomic mass is 16.6. The van der Waals surface area contributed by atoms with E-state index in [1.807, 2.05) is 0 Å². The smallest absolute Gasteiger partial charge is 0.348 e. The van der Waals surface area contributed by atoms with Gasteiger partial charge in [-0.25, -0.2) is 4.79 Å². The molecule has 4 nitrogen and oxygen atoms in total. The van der Waals surface area contributed by atoms with Crippen LogP contribution in [0.25, 0.3) is 0 Å². The second-order valence-corrected chi connectivity index (χ2v) is 7.88. The molecular formula is C18H22O4. The highest BCUT2D eigenvalue weighted by Crippen LogP contribution is 2.53. The topological polar surface area (TPSA) is 52.6 Å². The largest absolute Gasteiger partial charge is 0.459 e. The van der Waals surface area contributed by atoms with Gasteiger partial charge in [0, 0.05) is 5.92 Å². The third-order valence-corrected chi connectivity index (χ3v) is 6.87. The van der Waals surface area contributed by atoms with Crippen LogP contribution in [-0.2, 0) is 19.1 Å². The number of fused-ring (bicyclic) bond motifs is 7. The number of allylic oxidation sites excluding steroid dienone is 2. The molecule has 1 aliphatic heterocycles. The first kappa shape index (κ1) is 13.1. The molecule has 8 atom stereocenters. The fourth-order valence-corrected chi connectivity index (χ4v) is 5.90. The molecule has 1 saturated heterocycles. The van der Waals surface area contributed by atoms with E-state index in [0.717, 1.165) is 32.1 Å². The Balaban J connectivity index is 1.33. The molecule has 0 aromatic carbocycles. The second-order valence-electron chi connectivity index (χ2n) is 7.88. The summed E-state index contributed by atoms with van der Waals surface area (Å²) in [5.74, 6) is 1.61. The predicted octanol–water partition coefficient (Wildman–Crippen LogP) is 2.47. The zero-order valence-electron chi connectivity index (χ0n) is 12.6. The number of hydrogen-bond acceptors (Lipinski definition) is 4. The molecule has 0 N–H and O–H groups in total. The van der Waals surface area contributed by atoms with Crippen molar-refractivity contribution in [1.29, 1.82) is 0 Å². The zero-order chi connectivity index (χ0) is 14.8. The van der Waals surface area contributed by atoms with E-state index in [2.05, 4.69) is 12.2 Å². The Hall–Kier alpha value is -1.32. The Morgan fingerprint density at radius 2 is 1.95 bits per heavy atom. The molecule has 0 aromatic heterocycles. The predicted molar refractivity (Wildman–Crippen MR) is 77.5 cm³/mol. The van der Waals surface area contributed by atoms with Gasteiger partial charge >= 0.3 is 11.9 Å². The molecule has 0 aromatic rings. The molecule has 5 aliphatic rings. The third-order valence-electron chi connectivity index (χ3n) is 6.87. The Morgan fingerprint density at radius 1 is 1.09 bits per heavy atom. The molecule has 22 heavy (non-hydrogen) atoms. The van der Waals surface area contributed by atoms with Gasteiger partial charge in [-0.1, -0.05) is 18.6 Å². The molecule has 4 fully saturated rings. The lowest BCUT2D eigenvalue weighted by Gasteiger charge is -2.31. The maximum atomic E-state index is 12.6. The minimum absolute atomic E-state index is 0.0405. The van der Waals surface area contributed by atoms with Gasteiger partial charge in [-0.3, -0.25) is 4.79 Å². The van der Waals surface area contributed by atoms with Gasteiger partial charge in [-0.05, 0) is 55.8 Å². The number of rotatable bonds is 2. The molecule has 5 rings (SSSR count). The molecule has 8 unspecified atom stereocenters. The van der Waals surface area contributed by atoms with Crippen molar-refractivity contribution in [2.45, 2.75) is 50.7 Å². The van der Waals surface area contributed by atoms with Crippen molar-refractivity contribution < 1.29 is 19.1 Å². The van der Waals surface area contributed by atoms with Crippen molar-refractivity contribution >= 4 is 11.9 Å². The molecule has 3 saturated carbocycles. The third kappa shape index (κ3) is 1.76. The quantitative estimate of drug-likeness (QED) is 0.581. The Kier molecular flexibility index (Phi) is 2.74. The van der Waals surface area contributed by atoms with Crippen LogP contribution < -0.4 is 0 Å². The molecule has 4 aliphatic carbocycles. The normalized spacial score (nSPS) is 51.0. The van der Waals surface area contributed by atoms with Crippen LogP contribution in [0.15, 0.2) is 12.2 Å². The highest BCUT2D eigenvalue weighted by Gasteiger charge is 2.57. The lowest BCUT2D eigenvalue weighted by molar-refractivity contribution is -0.184. The summed E-state index contributed by atoms with van der Waals surface area (Å²) in [4.78, 5) is 24.8. The van der Waals surface area contributed by atoms with Gasteiger partial charge in [0.1, 0.15) is 6.10 Å². The van der Waals surface area contributed by atoms with Gasteiger partial charge < -0.3 is 9.47 Å². The van der Waals surface area contributed by atoms with Crippen LogP contribution in [0, 0.1) is 35.5 Å². The van der Waals surface area contributed by atoms with Crippen LogP contribution >= 0.6 is 0 Å². The molecule has 118 valence electrons. The van der Waals surface area contributed by atoms with Crippen LogP contribution in [0.3, 0.4) is 0 Å². The summed E-state index contributed by atoms with van der Waals surface area (Å²) in [6.45, 7) is 0. The van der Waals surface area contributed by atoms with Crippen LogP contribution in [-0.4, -0.2) is 24.1 Å². The van der Waals surface area contributed by atoms with Crippen molar-refractivity contribution in [3.05, 3.63) is 12.2 Å². The van der Waals surface area contributed by atoms with E-state index >= 15 is 0 Å². The van der Waals surface area contributed by atoms with Crippen LogP contribution in [0.2, 0.25) is 0 Å². The molecule has 0 spiro atoms. The van der Waals surface area contributed by atoms with Crippen LogP contribution in [0.5, 0.6) is 0 Å². The molecule has 0 radical (unpaired) electrons. The lowest BCUT2D eigenvalue weighted by Crippen LogP contribution is -2.43. The van der Waals surface area contributed by atoms with Gasteiger partial charge in [0.25, 0.3) is 0 Å². The van der Waals surface area contributed by atoms with E-state index in [-0.39, 0.29) is 29.9 Å².